The molecule has 0 spiro atoms. The Morgan fingerprint density at radius 2 is 1.71 bits per heavy atom. The number of hydrogen-bond donors (Lipinski definition) is 1. The van der Waals surface area contributed by atoms with Crippen LogP contribution in [0.5, 0.6) is 11.5 Å². The van der Waals surface area contributed by atoms with Crippen molar-refractivity contribution in [2.24, 2.45) is 0 Å². The van der Waals surface area contributed by atoms with E-state index in [-0.39, 0.29) is 6.10 Å². The van der Waals surface area contributed by atoms with Crippen LogP contribution >= 0.6 is 11.3 Å². The van der Waals surface area contributed by atoms with Gasteiger partial charge in [-0.1, -0.05) is 42.3 Å². The Balaban J connectivity index is 1.49. The zero-order chi connectivity index (χ0) is 34.4. The van der Waals surface area contributed by atoms with Gasteiger partial charge in [-0.2, -0.15) is 0 Å². The number of carbonyl (C=O) groups is 1. The number of aryl methyl sites for hydroxylation is 2. The normalized spacial score (nSPS) is 18.4. The van der Waals surface area contributed by atoms with Gasteiger partial charge in [-0.25, -0.2) is 9.78 Å². The second-order valence-corrected chi connectivity index (χ2v) is 15.7. The van der Waals surface area contributed by atoms with Crippen LogP contribution in [0.15, 0.2) is 66.7 Å². The van der Waals surface area contributed by atoms with Crippen molar-refractivity contribution in [1.29, 1.82) is 0 Å². The number of ether oxygens (including phenoxy) is 3. The van der Waals surface area contributed by atoms with E-state index < -0.39 is 17.7 Å². The Hall–Kier alpha value is -4.20. The maximum atomic E-state index is 13.0. The third-order valence-corrected chi connectivity index (χ3v) is 10.8. The van der Waals surface area contributed by atoms with E-state index in [1.54, 1.807) is 11.3 Å². The third-order valence-electron chi connectivity index (χ3n) is 9.64. The molecular formula is C42H45NO5S. The molecule has 3 unspecified atom stereocenters. The summed E-state index contributed by atoms with van der Waals surface area (Å²) in [4.78, 5) is 18.2. The van der Waals surface area contributed by atoms with Crippen molar-refractivity contribution in [2.75, 3.05) is 6.61 Å². The van der Waals surface area contributed by atoms with Crippen LogP contribution in [-0.4, -0.2) is 34.4 Å². The number of aromatic nitrogens is 1. The molecule has 0 aliphatic carbocycles. The van der Waals surface area contributed by atoms with E-state index in [4.69, 9.17) is 19.2 Å². The van der Waals surface area contributed by atoms with Gasteiger partial charge < -0.3 is 19.3 Å². The van der Waals surface area contributed by atoms with Gasteiger partial charge in [0.1, 0.15) is 16.5 Å². The van der Waals surface area contributed by atoms with E-state index in [1.165, 1.54) is 11.1 Å². The smallest absolute Gasteiger partial charge is 0.337 e. The van der Waals surface area contributed by atoms with Gasteiger partial charge in [0.2, 0.25) is 0 Å². The van der Waals surface area contributed by atoms with Gasteiger partial charge in [0.05, 0.1) is 28.5 Å². The fourth-order valence-corrected chi connectivity index (χ4v) is 8.48. The molecule has 5 aromatic rings. The molecule has 0 amide bonds. The van der Waals surface area contributed by atoms with Crippen molar-refractivity contribution in [2.45, 2.75) is 97.4 Å². The molecule has 49 heavy (non-hydrogen) atoms. The highest BCUT2D eigenvalue weighted by Gasteiger charge is 2.33. The first-order chi connectivity index (χ1) is 23.4. The molecule has 0 fully saturated rings. The molecule has 0 radical (unpaired) electrons. The number of benzene rings is 4. The molecule has 6 nitrogen and oxygen atoms in total. The van der Waals surface area contributed by atoms with Gasteiger partial charge >= 0.3 is 5.97 Å². The molecule has 254 valence electrons. The maximum Gasteiger partial charge on any atom is 0.337 e. The van der Waals surface area contributed by atoms with Crippen LogP contribution in [0.1, 0.15) is 94.1 Å². The number of fused-ring (bicyclic) bond motifs is 8. The minimum atomic E-state index is -1.15. The first-order valence-electron chi connectivity index (χ1n) is 17.4. The highest BCUT2D eigenvalue weighted by molar-refractivity contribution is 7.22. The van der Waals surface area contributed by atoms with Crippen LogP contribution in [-0.2, 0) is 9.53 Å². The van der Waals surface area contributed by atoms with Gasteiger partial charge in [-0.15, -0.1) is 11.3 Å². The van der Waals surface area contributed by atoms with E-state index in [1.807, 2.05) is 33.8 Å². The molecular weight excluding hydrogens is 631 g/mol. The average Bonchev–Trinajstić information content (AvgIpc) is 3.48. The molecule has 6 bridgehead atoms. The van der Waals surface area contributed by atoms with Crippen LogP contribution in [0.2, 0.25) is 0 Å². The summed E-state index contributed by atoms with van der Waals surface area (Å²) in [5.74, 6) is 1.16. The molecule has 7 heteroatoms. The van der Waals surface area contributed by atoms with Crippen molar-refractivity contribution in [3.8, 4) is 44.3 Å². The number of rotatable bonds is 3. The van der Waals surface area contributed by atoms with Gasteiger partial charge in [-0.05, 0) is 132 Å². The van der Waals surface area contributed by atoms with E-state index in [0.29, 0.717) is 18.1 Å². The third kappa shape index (κ3) is 6.84. The lowest BCUT2D eigenvalue weighted by Crippen LogP contribution is -2.28. The lowest BCUT2D eigenvalue weighted by Gasteiger charge is -2.29. The topological polar surface area (TPSA) is 77.9 Å². The van der Waals surface area contributed by atoms with Crippen LogP contribution in [0.3, 0.4) is 0 Å². The van der Waals surface area contributed by atoms with Crippen molar-refractivity contribution in [3.63, 3.8) is 0 Å². The largest absolute Gasteiger partial charge is 0.493 e. The van der Waals surface area contributed by atoms with Crippen molar-refractivity contribution >= 4 is 27.5 Å². The lowest BCUT2D eigenvalue weighted by molar-refractivity contribution is -0.160. The van der Waals surface area contributed by atoms with E-state index in [9.17, 15) is 9.90 Å². The monoisotopic (exact) mass is 675 g/mol. The first-order valence-corrected chi connectivity index (χ1v) is 18.3. The molecule has 2 aliphatic heterocycles. The summed E-state index contributed by atoms with van der Waals surface area (Å²) in [5.41, 5.74) is 9.04. The highest BCUT2D eigenvalue weighted by atomic mass is 32.1. The summed E-state index contributed by atoms with van der Waals surface area (Å²) in [6.07, 6.45) is 4.07. The van der Waals surface area contributed by atoms with Gasteiger partial charge in [-0.3, -0.25) is 0 Å². The maximum absolute atomic E-state index is 13.0. The number of carboxylic acids is 1. The predicted molar refractivity (Wildman–Crippen MR) is 198 cm³/mol. The van der Waals surface area contributed by atoms with Gasteiger partial charge in [0, 0.05) is 22.3 Å². The Kier molecular flexibility index (Phi) is 9.01. The van der Waals surface area contributed by atoms with Crippen LogP contribution < -0.4 is 9.47 Å². The Bertz CT molecular complexity index is 2040. The SMILES string of the molecule is Cc1ccc2c(c1)-c1cccc(c1)-c1nc3cc(C)c(C(OC(C)(C)C)C(=O)O)c(c3s1)-c1ccc3c(c1)C(CCCCC(C)O2)CCO3. The Morgan fingerprint density at radius 3 is 2.51 bits per heavy atom. The van der Waals surface area contributed by atoms with Gasteiger partial charge in [0.15, 0.2) is 6.10 Å². The van der Waals surface area contributed by atoms with Crippen LogP contribution in [0, 0.1) is 13.8 Å². The van der Waals surface area contributed by atoms with Crippen molar-refractivity contribution in [1.82, 2.24) is 4.98 Å². The molecule has 0 saturated heterocycles. The zero-order valence-corrected chi connectivity index (χ0v) is 30.1. The highest BCUT2D eigenvalue weighted by Crippen LogP contribution is 2.47. The summed E-state index contributed by atoms with van der Waals surface area (Å²) in [6, 6.07) is 23.3. The molecule has 3 heterocycles. The van der Waals surface area contributed by atoms with Crippen LogP contribution in [0.4, 0.5) is 0 Å². The number of thiazole rings is 1. The molecule has 1 N–H and O–H groups in total. The molecule has 1 aromatic heterocycles. The summed E-state index contributed by atoms with van der Waals surface area (Å²) in [7, 11) is 0. The number of hydrogen-bond acceptors (Lipinski definition) is 6. The van der Waals surface area contributed by atoms with E-state index in [2.05, 4.69) is 74.5 Å². The van der Waals surface area contributed by atoms with Crippen molar-refractivity contribution in [3.05, 3.63) is 89.0 Å². The summed E-state index contributed by atoms with van der Waals surface area (Å²) in [5, 5.41) is 11.5. The predicted octanol–water partition coefficient (Wildman–Crippen LogP) is 11.1. The fraction of sp³-hybridized carbons (Fsp3) is 0.381. The Labute approximate surface area is 293 Å². The Morgan fingerprint density at radius 1 is 0.939 bits per heavy atom. The standard InChI is InChI=1S/C42H45NO5S/c1-24-14-16-35-31(20-24)28-12-9-13-30(22-28)40-43-33-21-25(2)36(38(41(44)45)48-42(4,5)6)37(39(33)49-40)29-15-17-34-32(23-29)27(18-19-46-34)11-8-7-10-26(3)47-35/h9,12-17,20-23,26-27,38H,7-8,10-11,18-19H2,1-6H3,(H,44,45). The summed E-state index contributed by atoms with van der Waals surface area (Å²) < 4.78 is 20.1. The van der Waals surface area contributed by atoms with Crippen LogP contribution in [0.25, 0.3) is 43.0 Å². The quantitative estimate of drug-likeness (QED) is 0.205. The van der Waals surface area contributed by atoms with E-state index >= 15 is 0 Å². The lowest BCUT2D eigenvalue weighted by atomic mass is 9.85. The molecule has 7 rings (SSSR count). The first kappa shape index (κ1) is 33.3. The average molecular weight is 676 g/mol. The minimum absolute atomic E-state index is 0.0841. The molecule has 0 saturated carbocycles. The van der Waals surface area contributed by atoms with Gasteiger partial charge in [0.25, 0.3) is 0 Å². The molecule has 3 atom stereocenters. The van der Waals surface area contributed by atoms with E-state index in [0.717, 1.165) is 92.2 Å². The number of nitrogens with zero attached hydrogens (tertiary/aromatic N) is 1. The number of aliphatic carboxylic acids is 1. The zero-order valence-electron chi connectivity index (χ0n) is 29.3. The molecule has 4 aromatic carbocycles. The minimum Gasteiger partial charge on any atom is -0.493 e. The second-order valence-electron chi connectivity index (χ2n) is 14.7. The summed E-state index contributed by atoms with van der Waals surface area (Å²) >= 11 is 1.60. The number of carboxylic acid groups (broad SMARTS) is 1. The van der Waals surface area contributed by atoms with Crippen molar-refractivity contribution < 1.29 is 24.1 Å². The fourth-order valence-electron chi connectivity index (χ4n) is 7.36. The summed E-state index contributed by atoms with van der Waals surface area (Å²) in [6.45, 7) is 12.7. The second kappa shape index (κ2) is 13.3. The molecule has 2 aliphatic rings.